The smallest absolute Gasteiger partial charge is 0.221 e. The lowest BCUT2D eigenvalue weighted by Gasteiger charge is -2.12. The van der Waals surface area contributed by atoms with Crippen LogP contribution < -0.4 is 10.6 Å². The Morgan fingerprint density at radius 3 is 2.70 bits per heavy atom. The van der Waals surface area contributed by atoms with Gasteiger partial charge in [0, 0.05) is 24.8 Å². The van der Waals surface area contributed by atoms with E-state index in [0.717, 1.165) is 11.3 Å². The van der Waals surface area contributed by atoms with Crippen LogP contribution in [0.4, 0.5) is 15.8 Å². The Morgan fingerprint density at radius 2 is 2.00 bits per heavy atom. The largest absolute Gasteiger partial charge is 0.381 e. The van der Waals surface area contributed by atoms with Crippen LogP contribution in [0.1, 0.15) is 12.5 Å². The average Bonchev–Trinajstić information content (AvgIpc) is 2.41. The summed E-state index contributed by atoms with van der Waals surface area (Å²) in [4.78, 5) is 11.1. The second kappa shape index (κ2) is 6.39. The van der Waals surface area contributed by atoms with E-state index in [1.54, 1.807) is 6.07 Å². The molecule has 0 aromatic heterocycles. The van der Waals surface area contributed by atoms with Gasteiger partial charge in [0.15, 0.2) is 0 Å². The van der Waals surface area contributed by atoms with E-state index < -0.39 is 5.82 Å². The Bertz CT molecular complexity index is 631. The molecule has 3 nitrogen and oxygen atoms in total. The van der Waals surface area contributed by atoms with Gasteiger partial charge in [0.1, 0.15) is 5.82 Å². The SMILES string of the molecule is CC(=O)Nc1ccccc1CNc1ccc(F)c(Cl)c1. The number of anilines is 2. The van der Waals surface area contributed by atoms with Gasteiger partial charge in [-0.1, -0.05) is 29.8 Å². The lowest BCUT2D eigenvalue weighted by atomic mass is 10.1. The molecule has 20 heavy (non-hydrogen) atoms. The molecule has 0 saturated heterocycles. The van der Waals surface area contributed by atoms with Crippen LogP contribution in [0.3, 0.4) is 0 Å². The molecular weight excluding hydrogens is 279 g/mol. The van der Waals surface area contributed by atoms with E-state index in [1.165, 1.54) is 19.1 Å². The zero-order valence-corrected chi connectivity index (χ0v) is 11.7. The molecule has 0 heterocycles. The molecule has 0 bridgehead atoms. The van der Waals surface area contributed by atoms with Crippen LogP contribution in [-0.4, -0.2) is 5.91 Å². The number of para-hydroxylation sites is 1. The highest BCUT2D eigenvalue weighted by Gasteiger charge is 2.04. The first-order valence-electron chi connectivity index (χ1n) is 6.10. The van der Waals surface area contributed by atoms with E-state index in [-0.39, 0.29) is 10.9 Å². The van der Waals surface area contributed by atoms with Crippen molar-refractivity contribution in [3.05, 3.63) is 58.9 Å². The highest BCUT2D eigenvalue weighted by Crippen LogP contribution is 2.21. The fraction of sp³-hybridized carbons (Fsp3) is 0.133. The monoisotopic (exact) mass is 292 g/mol. The van der Waals surface area contributed by atoms with Gasteiger partial charge in [0.05, 0.1) is 5.02 Å². The van der Waals surface area contributed by atoms with Gasteiger partial charge in [-0.2, -0.15) is 0 Å². The van der Waals surface area contributed by atoms with Gasteiger partial charge in [-0.3, -0.25) is 4.79 Å². The number of carbonyl (C=O) groups excluding carboxylic acids is 1. The van der Waals surface area contributed by atoms with E-state index >= 15 is 0 Å². The van der Waals surface area contributed by atoms with E-state index in [1.807, 2.05) is 24.3 Å². The third-order valence-corrected chi connectivity index (χ3v) is 3.02. The fourth-order valence-corrected chi connectivity index (χ4v) is 1.97. The lowest BCUT2D eigenvalue weighted by Crippen LogP contribution is -2.10. The predicted molar refractivity (Wildman–Crippen MR) is 79.5 cm³/mol. The molecule has 104 valence electrons. The van der Waals surface area contributed by atoms with Crippen LogP contribution in [0.25, 0.3) is 0 Å². The molecule has 2 aromatic carbocycles. The van der Waals surface area contributed by atoms with Crippen LogP contribution in [0.2, 0.25) is 5.02 Å². The quantitative estimate of drug-likeness (QED) is 0.892. The van der Waals surface area contributed by atoms with Crippen molar-refractivity contribution in [2.75, 3.05) is 10.6 Å². The van der Waals surface area contributed by atoms with Gasteiger partial charge in [0.25, 0.3) is 0 Å². The van der Waals surface area contributed by atoms with Crippen LogP contribution in [0, 0.1) is 5.82 Å². The third kappa shape index (κ3) is 3.71. The number of nitrogens with one attached hydrogen (secondary N) is 2. The maximum Gasteiger partial charge on any atom is 0.221 e. The predicted octanol–water partition coefficient (Wildman–Crippen LogP) is 4.05. The van der Waals surface area contributed by atoms with Crippen molar-refractivity contribution in [1.29, 1.82) is 0 Å². The summed E-state index contributed by atoms with van der Waals surface area (Å²) in [6, 6.07) is 11.9. The van der Waals surface area contributed by atoms with E-state index in [9.17, 15) is 9.18 Å². The molecule has 0 aliphatic rings. The minimum atomic E-state index is -0.448. The van der Waals surface area contributed by atoms with E-state index in [2.05, 4.69) is 10.6 Å². The van der Waals surface area contributed by atoms with Gasteiger partial charge in [-0.05, 0) is 29.8 Å². The zero-order chi connectivity index (χ0) is 14.5. The Morgan fingerprint density at radius 1 is 1.25 bits per heavy atom. The van der Waals surface area contributed by atoms with Crippen molar-refractivity contribution in [2.24, 2.45) is 0 Å². The maximum atomic E-state index is 13.1. The summed E-state index contributed by atoms with van der Waals surface area (Å²) in [5, 5.41) is 5.98. The Labute approximate surface area is 121 Å². The van der Waals surface area contributed by atoms with Gasteiger partial charge >= 0.3 is 0 Å². The molecular formula is C15H14ClFN2O. The Balaban J connectivity index is 2.10. The topological polar surface area (TPSA) is 41.1 Å². The lowest BCUT2D eigenvalue weighted by molar-refractivity contribution is -0.114. The van der Waals surface area contributed by atoms with Crippen LogP contribution in [0.5, 0.6) is 0 Å². The summed E-state index contributed by atoms with van der Waals surface area (Å²) >= 11 is 5.72. The van der Waals surface area contributed by atoms with Crippen molar-refractivity contribution in [3.8, 4) is 0 Å². The molecule has 2 aromatic rings. The molecule has 0 aliphatic heterocycles. The highest BCUT2D eigenvalue weighted by molar-refractivity contribution is 6.31. The number of benzene rings is 2. The highest BCUT2D eigenvalue weighted by atomic mass is 35.5. The molecule has 0 spiro atoms. The minimum absolute atomic E-state index is 0.0742. The molecule has 5 heteroatoms. The van der Waals surface area contributed by atoms with E-state index in [0.29, 0.717) is 12.2 Å². The second-order valence-electron chi connectivity index (χ2n) is 4.32. The van der Waals surface area contributed by atoms with Gasteiger partial charge in [-0.15, -0.1) is 0 Å². The summed E-state index contributed by atoms with van der Waals surface area (Å²) in [7, 11) is 0. The van der Waals surface area contributed by atoms with Crippen LogP contribution >= 0.6 is 11.6 Å². The first kappa shape index (κ1) is 14.3. The second-order valence-corrected chi connectivity index (χ2v) is 4.73. The summed E-state index contributed by atoms with van der Waals surface area (Å²) in [5.41, 5.74) is 2.40. The number of rotatable bonds is 4. The summed E-state index contributed by atoms with van der Waals surface area (Å²) < 4.78 is 13.1. The average molecular weight is 293 g/mol. The first-order valence-corrected chi connectivity index (χ1v) is 6.48. The number of hydrogen-bond donors (Lipinski definition) is 2. The normalized spacial score (nSPS) is 10.2. The Kier molecular flexibility index (Phi) is 4.58. The zero-order valence-electron chi connectivity index (χ0n) is 10.9. The Hall–Kier alpha value is -2.07. The molecule has 1 amide bonds. The number of carbonyl (C=O) groups is 1. The maximum absolute atomic E-state index is 13.1. The molecule has 2 N–H and O–H groups in total. The first-order chi connectivity index (χ1) is 9.56. The van der Waals surface area contributed by atoms with Crippen molar-refractivity contribution in [3.63, 3.8) is 0 Å². The summed E-state index contributed by atoms with van der Waals surface area (Å²) in [5.74, 6) is -0.571. The van der Waals surface area contributed by atoms with Crippen LogP contribution in [0.15, 0.2) is 42.5 Å². The van der Waals surface area contributed by atoms with Crippen molar-refractivity contribution in [1.82, 2.24) is 0 Å². The third-order valence-electron chi connectivity index (χ3n) is 2.73. The van der Waals surface area contributed by atoms with Crippen molar-refractivity contribution < 1.29 is 9.18 Å². The van der Waals surface area contributed by atoms with Crippen LogP contribution in [-0.2, 0) is 11.3 Å². The molecule has 0 radical (unpaired) electrons. The minimum Gasteiger partial charge on any atom is -0.381 e. The molecule has 0 unspecified atom stereocenters. The molecule has 0 fully saturated rings. The number of hydrogen-bond acceptors (Lipinski definition) is 2. The van der Waals surface area contributed by atoms with Crippen molar-refractivity contribution in [2.45, 2.75) is 13.5 Å². The number of amides is 1. The van der Waals surface area contributed by atoms with Gasteiger partial charge in [0.2, 0.25) is 5.91 Å². The molecule has 2 rings (SSSR count). The summed E-state index contributed by atoms with van der Waals surface area (Å²) in [6.45, 7) is 1.96. The summed E-state index contributed by atoms with van der Waals surface area (Å²) in [6.07, 6.45) is 0. The van der Waals surface area contributed by atoms with Crippen molar-refractivity contribution >= 4 is 28.9 Å². The standard InChI is InChI=1S/C15H14ClFN2O/c1-10(20)19-15-5-3-2-4-11(15)9-18-12-6-7-14(17)13(16)8-12/h2-8,18H,9H2,1H3,(H,19,20). The van der Waals surface area contributed by atoms with Gasteiger partial charge in [-0.25, -0.2) is 4.39 Å². The number of halogens is 2. The van der Waals surface area contributed by atoms with E-state index in [4.69, 9.17) is 11.6 Å². The molecule has 0 atom stereocenters. The van der Waals surface area contributed by atoms with Gasteiger partial charge < -0.3 is 10.6 Å². The fourth-order valence-electron chi connectivity index (χ4n) is 1.79. The molecule has 0 aliphatic carbocycles. The molecule has 0 saturated carbocycles.